The highest BCUT2D eigenvalue weighted by molar-refractivity contribution is 5.73. The van der Waals surface area contributed by atoms with Crippen molar-refractivity contribution in [3.63, 3.8) is 0 Å². The van der Waals surface area contributed by atoms with Crippen molar-refractivity contribution in [2.75, 3.05) is 6.61 Å². The molecule has 0 aliphatic carbocycles. The van der Waals surface area contributed by atoms with Gasteiger partial charge < -0.3 is 19.7 Å². The van der Waals surface area contributed by atoms with Crippen LogP contribution in [0.5, 0.6) is 5.75 Å². The van der Waals surface area contributed by atoms with Crippen LogP contribution in [0.2, 0.25) is 0 Å². The number of aliphatic hydroxyl groups excluding tert-OH is 1. The van der Waals surface area contributed by atoms with Crippen molar-refractivity contribution in [2.24, 2.45) is 0 Å². The number of fused-ring (bicyclic) bond motifs is 1. The third kappa shape index (κ3) is 4.33. The molecule has 1 aromatic rings. The number of allylic oxidation sites excluding steroid dienone is 2. The smallest absolute Gasteiger partial charge is 0.334 e. The number of hydrogen-bond acceptors (Lipinski definition) is 5. The summed E-state index contributed by atoms with van der Waals surface area (Å²) in [6.07, 6.45) is 2.08. The zero-order valence-electron chi connectivity index (χ0n) is 13.8. The molecule has 0 bridgehead atoms. The van der Waals surface area contributed by atoms with Crippen LogP contribution in [0.1, 0.15) is 50.0 Å². The van der Waals surface area contributed by atoms with Crippen LogP contribution < -0.4 is 0 Å². The first-order valence-corrected chi connectivity index (χ1v) is 7.83. The fourth-order valence-corrected chi connectivity index (χ4v) is 2.63. The van der Waals surface area contributed by atoms with E-state index in [0.29, 0.717) is 13.0 Å². The molecular formula is C18H24O5. The Bertz CT molecular complexity index is 600. The molecule has 2 unspecified atom stereocenters. The molecule has 0 saturated carbocycles. The van der Waals surface area contributed by atoms with Crippen molar-refractivity contribution < 1.29 is 24.5 Å². The first-order chi connectivity index (χ1) is 10.9. The summed E-state index contributed by atoms with van der Waals surface area (Å²) in [5, 5.41) is 19.2. The number of esters is 1. The summed E-state index contributed by atoms with van der Waals surface area (Å²) in [4.78, 5) is 11.3. The molecule has 1 aliphatic heterocycles. The molecule has 23 heavy (non-hydrogen) atoms. The third-order valence-electron chi connectivity index (χ3n) is 3.87. The summed E-state index contributed by atoms with van der Waals surface area (Å²) in [6, 6.07) is 3.61. The van der Waals surface area contributed by atoms with Gasteiger partial charge in [-0.15, -0.1) is 0 Å². The van der Waals surface area contributed by atoms with E-state index >= 15 is 0 Å². The SMILES string of the molecule is CC(C)=CCc1ccc(O)c2c1C(CCOC(=O)C(C)O)OC2. The number of phenolic OH excluding ortho intramolecular Hbond substituents is 1. The molecule has 1 aromatic carbocycles. The lowest BCUT2D eigenvalue weighted by Gasteiger charge is -2.15. The van der Waals surface area contributed by atoms with E-state index in [-0.39, 0.29) is 18.5 Å². The summed E-state index contributed by atoms with van der Waals surface area (Å²) >= 11 is 0. The van der Waals surface area contributed by atoms with Crippen LogP contribution in [0.15, 0.2) is 23.8 Å². The zero-order valence-corrected chi connectivity index (χ0v) is 13.8. The van der Waals surface area contributed by atoms with Crippen molar-refractivity contribution in [2.45, 2.75) is 52.4 Å². The Morgan fingerprint density at radius 3 is 2.87 bits per heavy atom. The highest BCUT2D eigenvalue weighted by Crippen LogP contribution is 2.40. The van der Waals surface area contributed by atoms with Gasteiger partial charge in [-0.2, -0.15) is 0 Å². The Morgan fingerprint density at radius 2 is 2.22 bits per heavy atom. The van der Waals surface area contributed by atoms with E-state index in [9.17, 15) is 9.90 Å². The fraction of sp³-hybridized carbons (Fsp3) is 0.500. The second-order valence-corrected chi connectivity index (χ2v) is 6.05. The van der Waals surface area contributed by atoms with Gasteiger partial charge in [0.05, 0.1) is 19.3 Å². The number of aliphatic hydroxyl groups is 1. The summed E-state index contributed by atoms with van der Waals surface area (Å²) in [6.45, 7) is 6.00. The van der Waals surface area contributed by atoms with Gasteiger partial charge in [-0.1, -0.05) is 17.7 Å². The summed E-state index contributed by atoms with van der Waals surface area (Å²) in [7, 11) is 0. The molecule has 5 heteroatoms. The van der Waals surface area contributed by atoms with Crippen LogP contribution >= 0.6 is 0 Å². The largest absolute Gasteiger partial charge is 0.508 e. The van der Waals surface area contributed by atoms with E-state index in [4.69, 9.17) is 14.6 Å². The lowest BCUT2D eigenvalue weighted by Crippen LogP contribution is -2.20. The lowest BCUT2D eigenvalue weighted by molar-refractivity contribution is -0.153. The molecule has 0 radical (unpaired) electrons. The molecule has 2 rings (SSSR count). The van der Waals surface area contributed by atoms with Crippen LogP contribution in [0.25, 0.3) is 0 Å². The molecule has 126 valence electrons. The number of hydrogen-bond donors (Lipinski definition) is 2. The van der Waals surface area contributed by atoms with Crippen molar-refractivity contribution in [1.82, 2.24) is 0 Å². The number of rotatable bonds is 6. The Hall–Kier alpha value is -1.85. The quantitative estimate of drug-likeness (QED) is 0.622. The molecule has 0 aromatic heterocycles. The molecule has 1 heterocycles. The van der Waals surface area contributed by atoms with Gasteiger partial charge in [-0.3, -0.25) is 0 Å². The van der Waals surface area contributed by atoms with E-state index in [1.54, 1.807) is 6.07 Å². The number of carbonyl (C=O) groups excluding carboxylic acids is 1. The van der Waals surface area contributed by atoms with E-state index in [1.807, 2.05) is 19.9 Å². The molecule has 0 fully saturated rings. The van der Waals surface area contributed by atoms with Gasteiger partial charge in [0.1, 0.15) is 11.9 Å². The van der Waals surface area contributed by atoms with Crippen LogP contribution in [0, 0.1) is 0 Å². The number of phenols is 1. The van der Waals surface area contributed by atoms with E-state index in [2.05, 4.69) is 6.08 Å². The lowest BCUT2D eigenvalue weighted by atomic mass is 9.94. The van der Waals surface area contributed by atoms with Gasteiger partial charge in [0.25, 0.3) is 0 Å². The minimum atomic E-state index is -1.12. The normalized spacial score (nSPS) is 17.5. The number of benzene rings is 1. The van der Waals surface area contributed by atoms with Crippen molar-refractivity contribution in [1.29, 1.82) is 0 Å². The summed E-state index contributed by atoms with van der Waals surface area (Å²) < 4.78 is 10.8. The molecule has 1 aliphatic rings. The number of carbonyl (C=O) groups is 1. The van der Waals surface area contributed by atoms with Gasteiger partial charge in [0.15, 0.2) is 0 Å². The van der Waals surface area contributed by atoms with Crippen LogP contribution in [0.3, 0.4) is 0 Å². The van der Waals surface area contributed by atoms with Gasteiger partial charge in [0.2, 0.25) is 0 Å². The molecular weight excluding hydrogens is 296 g/mol. The minimum Gasteiger partial charge on any atom is -0.508 e. The van der Waals surface area contributed by atoms with Crippen LogP contribution in [-0.4, -0.2) is 28.9 Å². The monoisotopic (exact) mass is 320 g/mol. The second kappa shape index (κ2) is 7.62. The highest BCUT2D eigenvalue weighted by atomic mass is 16.5. The topological polar surface area (TPSA) is 76.0 Å². The van der Waals surface area contributed by atoms with E-state index in [0.717, 1.165) is 23.1 Å². The first kappa shape index (κ1) is 17.5. The van der Waals surface area contributed by atoms with Crippen molar-refractivity contribution in [3.8, 4) is 5.75 Å². The molecule has 2 atom stereocenters. The third-order valence-corrected chi connectivity index (χ3v) is 3.87. The fourth-order valence-electron chi connectivity index (χ4n) is 2.63. The zero-order chi connectivity index (χ0) is 17.0. The van der Waals surface area contributed by atoms with Crippen LogP contribution in [0.4, 0.5) is 0 Å². The second-order valence-electron chi connectivity index (χ2n) is 6.05. The Balaban J connectivity index is 2.11. The number of ether oxygens (including phenoxy) is 2. The van der Waals surface area contributed by atoms with Crippen LogP contribution in [-0.2, 0) is 27.3 Å². The predicted octanol–water partition coefficient (Wildman–Crippen LogP) is 2.79. The average Bonchev–Trinajstić information content (AvgIpc) is 2.91. The van der Waals surface area contributed by atoms with Gasteiger partial charge in [-0.05, 0) is 44.4 Å². The predicted molar refractivity (Wildman–Crippen MR) is 86.0 cm³/mol. The Labute approximate surface area is 136 Å². The Morgan fingerprint density at radius 1 is 1.48 bits per heavy atom. The van der Waals surface area contributed by atoms with Crippen molar-refractivity contribution >= 4 is 5.97 Å². The Kier molecular flexibility index (Phi) is 5.80. The molecule has 0 spiro atoms. The van der Waals surface area contributed by atoms with E-state index < -0.39 is 12.1 Å². The maximum Gasteiger partial charge on any atom is 0.334 e. The summed E-state index contributed by atoms with van der Waals surface area (Å²) in [5.41, 5.74) is 4.16. The van der Waals surface area contributed by atoms with E-state index in [1.165, 1.54) is 12.5 Å². The van der Waals surface area contributed by atoms with Gasteiger partial charge >= 0.3 is 5.97 Å². The molecule has 0 saturated heterocycles. The number of aromatic hydroxyl groups is 1. The molecule has 2 N–H and O–H groups in total. The van der Waals surface area contributed by atoms with Gasteiger partial charge in [0, 0.05) is 12.0 Å². The highest BCUT2D eigenvalue weighted by Gasteiger charge is 2.28. The maximum atomic E-state index is 11.3. The minimum absolute atomic E-state index is 0.172. The molecule has 0 amide bonds. The van der Waals surface area contributed by atoms with Gasteiger partial charge in [-0.25, -0.2) is 4.79 Å². The first-order valence-electron chi connectivity index (χ1n) is 7.83. The maximum absolute atomic E-state index is 11.3. The summed E-state index contributed by atoms with van der Waals surface area (Å²) in [5.74, 6) is -0.395. The van der Waals surface area contributed by atoms with Crippen molar-refractivity contribution in [3.05, 3.63) is 40.5 Å². The molecule has 5 nitrogen and oxygen atoms in total. The standard InChI is InChI=1S/C18H24O5/c1-11(2)4-5-13-6-7-15(20)14-10-23-16(17(13)14)8-9-22-18(21)12(3)19/h4,6-7,12,16,19-20H,5,8-10H2,1-3H3. The average molecular weight is 320 g/mol.